The van der Waals surface area contributed by atoms with Gasteiger partial charge in [0.1, 0.15) is 6.10 Å². The summed E-state index contributed by atoms with van der Waals surface area (Å²) in [4.78, 5) is 11.8. The van der Waals surface area contributed by atoms with Crippen molar-refractivity contribution in [2.24, 2.45) is 0 Å². The molecule has 0 aliphatic carbocycles. The second kappa shape index (κ2) is 5.16. The molecule has 1 fully saturated rings. The van der Waals surface area contributed by atoms with E-state index in [0.29, 0.717) is 0 Å². The summed E-state index contributed by atoms with van der Waals surface area (Å²) in [5, 5.41) is 0. The van der Waals surface area contributed by atoms with E-state index < -0.39 is 18.0 Å². The smallest absolute Gasteiger partial charge is 0.373 e. The molecule has 1 saturated heterocycles. The molecule has 0 aromatic heterocycles. The zero-order valence-corrected chi connectivity index (χ0v) is 12.2. The van der Waals surface area contributed by atoms with Crippen molar-refractivity contribution in [3.8, 4) is 0 Å². The summed E-state index contributed by atoms with van der Waals surface area (Å²) in [6.45, 7) is 3.66. The van der Waals surface area contributed by atoms with Crippen molar-refractivity contribution in [3.05, 3.63) is 47.7 Å². The Kier molecular flexibility index (Phi) is 3.47. The molecule has 2 aliphatic heterocycles. The number of fused-ring (bicyclic) bond motifs is 1. The molecule has 0 radical (unpaired) electrons. The Morgan fingerprint density at radius 2 is 1.90 bits per heavy atom. The molecule has 112 valence electrons. The van der Waals surface area contributed by atoms with Gasteiger partial charge in [0.05, 0.1) is 7.11 Å². The SMILES string of the molecule is COC(=O)C1=C[C@H](c2ccccc2)[C@H]2OC(C)(C)O[C@H]2O1. The van der Waals surface area contributed by atoms with E-state index in [1.165, 1.54) is 7.11 Å². The fourth-order valence-corrected chi connectivity index (χ4v) is 2.69. The van der Waals surface area contributed by atoms with Gasteiger partial charge in [-0.05, 0) is 25.5 Å². The van der Waals surface area contributed by atoms with Crippen LogP contribution in [0.4, 0.5) is 0 Å². The predicted molar refractivity (Wildman–Crippen MR) is 74.2 cm³/mol. The summed E-state index contributed by atoms with van der Waals surface area (Å²) in [5.41, 5.74) is 1.04. The average Bonchev–Trinajstić information content (AvgIpc) is 2.80. The van der Waals surface area contributed by atoms with E-state index in [-0.39, 0.29) is 17.8 Å². The lowest BCUT2D eigenvalue weighted by Crippen LogP contribution is -2.36. The molecule has 1 aromatic rings. The van der Waals surface area contributed by atoms with Crippen LogP contribution in [0.25, 0.3) is 0 Å². The molecule has 0 spiro atoms. The summed E-state index contributed by atoms with van der Waals surface area (Å²) < 4.78 is 22.0. The highest BCUT2D eigenvalue weighted by atomic mass is 16.8. The fourth-order valence-electron chi connectivity index (χ4n) is 2.69. The van der Waals surface area contributed by atoms with Gasteiger partial charge in [0.2, 0.25) is 12.0 Å². The molecule has 21 heavy (non-hydrogen) atoms. The van der Waals surface area contributed by atoms with Crippen molar-refractivity contribution < 1.29 is 23.7 Å². The number of methoxy groups -OCH3 is 1. The zero-order valence-electron chi connectivity index (χ0n) is 12.2. The molecule has 0 unspecified atom stereocenters. The van der Waals surface area contributed by atoms with Gasteiger partial charge in [-0.3, -0.25) is 0 Å². The minimum absolute atomic E-state index is 0.124. The van der Waals surface area contributed by atoms with Gasteiger partial charge in [0.15, 0.2) is 5.79 Å². The Hall–Kier alpha value is -1.85. The summed E-state index contributed by atoms with van der Waals surface area (Å²) in [6, 6.07) is 9.83. The Labute approximate surface area is 123 Å². The molecular formula is C16H18O5. The summed E-state index contributed by atoms with van der Waals surface area (Å²) in [7, 11) is 1.33. The number of benzene rings is 1. The maximum atomic E-state index is 11.8. The number of ether oxygens (including phenoxy) is 4. The predicted octanol–water partition coefficient (Wildman–Crippen LogP) is 2.33. The van der Waals surface area contributed by atoms with Crippen LogP contribution in [-0.2, 0) is 23.7 Å². The highest BCUT2D eigenvalue weighted by molar-refractivity contribution is 5.86. The molecule has 3 rings (SSSR count). The maximum absolute atomic E-state index is 11.8. The van der Waals surface area contributed by atoms with E-state index in [2.05, 4.69) is 0 Å². The van der Waals surface area contributed by atoms with Crippen molar-refractivity contribution >= 4 is 5.97 Å². The first-order chi connectivity index (χ1) is 10.00. The van der Waals surface area contributed by atoms with E-state index in [0.717, 1.165) is 5.56 Å². The van der Waals surface area contributed by atoms with Crippen LogP contribution in [0.15, 0.2) is 42.2 Å². The zero-order chi connectivity index (χ0) is 15.0. The molecule has 0 bridgehead atoms. The Balaban J connectivity index is 1.98. The van der Waals surface area contributed by atoms with Crippen LogP contribution < -0.4 is 0 Å². The second-order valence-corrected chi connectivity index (χ2v) is 5.55. The van der Waals surface area contributed by atoms with Crippen molar-refractivity contribution in [1.82, 2.24) is 0 Å². The molecule has 5 heteroatoms. The molecule has 0 amide bonds. The van der Waals surface area contributed by atoms with Crippen molar-refractivity contribution in [2.45, 2.75) is 37.9 Å². The molecule has 0 N–H and O–H groups in total. The quantitative estimate of drug-likeness (QED) is 0.782. The van der Waals surface area contributed by atoms with Crippen molar-refractivity contribution in [1.29, 1.82) is 0 Å². The van der Waals surface area contributed by atoms with E-state index in [4.69, 9.17) is 18.9 Å². The van der Waals surface area contributed by atoms with E-state index in [1.54, 1.807) is 6.08 Å². The molecule has 2 heterocycles. The van der Waals surface area contributed by atoms with Crippen molar-refractivity contribution in [3.63, 3.8) is 0 Å². The average molecular weight is 290 g/mol. The van der Waals surface area contributed by atoms with Crippen molar-refractivity contribution in [2.75, 3.05) is 7.11 Å². The van der Waals surface area contributed by atoms with Crippen LogP contribution in [0.3, 0.4) is 0 Å². The van der Waals surface area contributed by atoms with Gasteiger partial charge >= 0.3 is 5.97 Å². The second-order valence-electron chi connectivity index (χ2n) is 5.55. The lowest BCUT2D eigenvalue weighted by atomic mass is 9.90. The number of carbonyl (C=O) groups excluding carboxylic acids is 1. The van der Waals surface area contributed by atoms with E-state index in [9.17, 15) is 4.79 Å². The van der Waals surface area contributed by atoms with Crippen LogP contribution in [-0.4, -0.2) is 31.3 Å². The maximum Gasteiger partial charge on any atom is 0.373 e. The third-order valence-electron chi connectivity index (χ3n) is 3.59. The molecular weight excluding hydrogens is 272 g/mol. The Morgan fingerprint density at radius 3 is 2.57 bits per heavy atom. The third-order valence-corrected chi connectivity index (χ3v) is 3.59. The fraction of sp³-hybridized carbons (Fsp3) is 0.438. The van der Waals surface area contributed by atoms with Gasteiger partial charge in [-0.25, -0.2) is 4.79 Å². The topological polar surface area (TPSA) is 54.0 Å². The van der Waals surface area contributed by atoms with Gasteiger partial charge in [-0.2, -0.15) is 0 Å². The van der Waals surface area contributed by atoms with E-state index in [1.807, 2.05) is 44.2 Å². The first kappa shape index (κ1) is 14.1. The first-order valence-corrected chi connectivity index (χ1v) is 6.87. The van der Waals surface area contributed by atoms with Crippen LogP contribution >= 0.6 is 0 Å². The standard InChI is InChI=1S/C16H18O5/c1-16(2)20-13-11(10-7-5-4-6-8-10)9-12(14(17)18-3)19-15(13)21-16/h4-9,11,13,15H,1-3H3/t11-,13-,15-/m1/s1. The minimum atomic E-state index is -0.748. The number of rotatable bonds is 2. The van der Waals surface area contributed by atoms with Gasteiger partial charge < -0.3 is 18.9 Å². The van der Waals surface area contributed by atoms with Crippen LogP contribution in [0, 0.1) is 0 Å². The molecule has 1 aromatic carbocycles. The van der Waals surface area contributed by atoms with Crippen LogP contribution in [0.1, 0.15) is 25.3 Å². The minimum Gasteiger partial charge on any atom is -0.463 e. The highest BCUT2D eigenvalue weighted by Crippen LogP contribution is 2.42. The van der Waals surface area contributed by atoms with Gasteiger partial charge in [-0.1, -0.05) is 30.3 Å². The number of hydrogen-bond acceptors (Lipinski definition) is 5. The molecule has 2 aliphatic rings. The summed E-state index contributed by atoms with van der Waals surface area (Å²) in [5.74, 6) is -1.22. The number of carbonyl (C=O) groups is 1. The van der Waals surface area contributed by atoms with E-state index >= 15 is 0 Å². The Bertz CT molecular complexity index is 563. The molecule has 3 atom stereocenters. The third kappa shape index (κ3) is 2.66. The van der Waals surface area contributed by atoms with Gasteiger partial charge in [0, 0.05) is 5.92 Å². The first-order valence-electron chi connectivity index (χ1n) is 6.87. The molecule has 5 nitrogen and oxygen atoms in total. The van der Waals surface area contributed by atoms with Crippen LogP contribution in [0.5, 0.6) is 0 Å². The number of hydrogen-bond donors (Lipinski definition) is 0. The highest BCUT2D eigenvalue weighted by Gasteiger charge is 2.49. The normalized spacial score (nSPS) is 30.0. The Morgan fingerprint density at radius 1 is 1.19 bits per heavy atom. The number of esters is 1. The van der Waals surface area contributed by atoms with Crippen LogP contribution in [0.2, 0.25) is 0 Å². The summed E-state index contributed by atoms with van der Waals surface area (Å²) in [6.07, 6.45) is 0.827. The monoisotopic (exact) mass is 290 g/mol. The van der Waals surface area contributed by atoms with Gasteiger partial charge in [0.25, 0.3) is 0 Å². The largest absolute Gasteiger partial charge is 0.463 e. The van der Waals surface area contributed by atoms with Gasteiger partial charge in [-0.15, -0.1) is 0 Å². The summed E-state index contributed by atoms with van der Waals surface area (Å²) >= 11 is 0. The lowest BCUT2D eigenvalue weighted by molar-refractivity contribution is -0.184. The molecule has 0 saturated carbocycles. The lowest BCUT2D eigenvalue weighted by Gasteiger charge is -2.30.